The molecule has 9 nitrogen and oxygen atoms in total. The average Bonchev–Trinajstić information content (AvgIpc) is 2.94. The lowest BCUT2D eigenvalue weighted by Gasteiger charge is -2.42. The van der Waals surface area contributed by atoms with Gasteiger partial charge in [-0.25, -0.2) is 22.9 Å². The number of carbonyl (C=O) groups is 2. The van der Waals surface area contributed by atoms with Gasteiger partial charge in [-0.2, -0.15) is 0 Å². The zero-order valence-corrected chi connectivity index (χ0v) is 23.2. The quantitative estimate of drug-likeness (QED) is 0.358. The molecule has 0 radical (unpaired) electrons. The Labute approximate surface area is 240 Å². The second kappa shape index (κ2) is 11.7. The van der Waals surface area contributed by atoms with Crippen LogP contribution >= 0.6 is 0 Å². The number of piperidine rings is 1. The van der Waals surface area contributed by atoms with Crippen LogP contribution in [0.25, 0.3) is 11.3 Å². The standard InChI is InChI=1S/C30H32F3N5O4/c1-16-14-38(15-22(34)27(16)37-29(40)42-2)24-6-9-35-13-17(24)10-25(39)23-5-4-19(31)28(36-23)26-20(32)11-18(12-21(26)33)30(41)7-3-8-30/h4-6,9,11-13,16,22,27,41H,3,7-8,10,14-15,34H2,1-2H3,(H,37,40)/t16-,22+,27-/m0/s1. The number of pyridine rings is 2. The number of amides is 1. The van der Waals surface area contributed by atoms with E-state index in [-0.39, 0.29) is 29.6 Å². The summed E-state index contributed by atoms with van der Waals surface area (Å²) in [4.78, 5) is 35.3. The first kappa shape index (κ1) is 29.5. The van der Waals surface area contributed by atoms with Gasteiger partial charge in [-0.05, 0) is 61.1 Å². The second-order valence-corrected chi connectivity index (χ2v) is 11.0. The summed E-state index contributed by atoms with van der Waals surface area (Å²) in [6, 6.07) is 5.12. The highest BCUT2D eigenvalue weighted by Gasteiger charge is 2.38. The fourth-order valence-corrected chi connectivity index (χ4v) is 5.74. The van der Waals surface area contributed by atoms with Crippen molar-refractivity contribution in [3.63, 3.8) is 0 Å². The molecule has 2 fully saturated rings. The van der Waals surface area contributed by atoms with Crippen molar-refractivity contribution >= 4 is 17.6 Å². The number of alkyl carbamates (subject to hydrolysis) is 1. The van der Waals surface area contributed by atoms with E-state index >= 15 is 8.78 Å². The topological polar surface area (TPSA) is 131 Å². The van der Waals surface area contributed by atoms with Gasteiger partial charge in [0.05, 0.1) is 24.3 Å². The molecule has 3 heterocycles. The Morgan fingerprint density at radius 1 is 1.14 bits per heavy atom. The molecule has 1 saturated heterocycles. The molecule has 0 spiro atoms. The van der Waals surface area contributed by atoms with Gasteiger partial charge in [-0.15, -0.1) is 0 Å². The largest absolute Gasteiger partial charge is 0.453 e. The summed E-state index contributed by atoms with van der Waals surface area (Å²) in [5.41, 5.74) is 4.92. The molecule has 2 aromatic heterocycles. The Bertz CT molecular complexity index is 1480. The molecule has 1 aromatic carbocycles. The zero-order chi connectivity index (χ0) is 30.2. The van der Waals surface area contributed by atoms with Crippen LogP contribution in [0.5, 0.6) is 0 Å². The van der Waals surface area contributed by atoms with E-state index in [0.29, 0.717) is 37.2 Å². The Balaban J connectivity index is 1.38. The highest BCUT2D eigenvalue weighted by molar-refractivity contribution is 5.97. The van der Waals surface area contributed by atoms with Crippen molar-refractivity contribution < 1.29 is 32.6 Å². The summed E-state index contributed by atoms with van der Waals surface area (Å²) in [6.45, 7) is 2.85. The van der Waals surface area contributed by atoms with E-state index in [1.807, 2.05) is 11.8 Å². The van der Waals surface area contributed by atoms with Crippen molar-refractivity contribution in [3.05, 3.63) is 77.0 Å². The first-order chi connectivity index (χ1) is 20.0. The predicted octanol–water partition coefficient (Wildman–Crippen LogP) is 3.87. The number of aliphatic hydroxyl groups is 1. The molecule has 1 saturated carbocycles. The van der Waals surface area contributed by atoms with Crippen molar-refractivity contribution in [2.24, 2.45) is 11.7 Å². The molecular weight excluding hydrogens is 551 g/mol. The Morgan fingerprint density at radius 3 is 2.48 bits per heavy atom. The van der Waals surface area contributed by atoms with Crippen molar-refractivity contribution in [3.8, 4) is 11.3 Å². The van der Waals surface area contributed by atoms with Crippen molar-refractivity contribution in [1.82, 2.24) is 15.3 Å². The summed E-state index contributed by atoms with van der Waals surface area (Å²) in [6.07, 6.45) is 3.89. The van der Waals surface area contributed by atoms with Crippen LogP contribution in [-0.2, 0) is 16.8 Å². The number of aromatic nitrogens is 2. The number of ether oxygens (including phenoxy) is 1. The van der Waals surface area contributed by atoms with Crippen LogP contribution in [0.4, 0.5) is 23.7 Å². The highest BCUT2D eigenvalue weighted by atomic mass is 19.1. The van der Waals surface area contributed by atoms with E-state index in [1.54, 1.807) is 12.3 Å². The molecule has 1 aliphatic heterocycles. The number of benzene rings is 1. The van der Waals surface area contributed by atoms with Crippen molar-refractivity contribution in [2.45, 2.75) is 50.3 Å². The fourth-order valence-electron chi connectivity index (χ4n) is 5.74. The van der Waals surface area contributed by atoms with Crippen LogP contribution in [0.2, 0.25) is 0 Å². The third-order valence-electron chi connectivity index (χ3n) is 8.18. The van der Waals surface area contributed by atoms with Gasteiger partial charge in [-0.1, -0.05) is 6.92 Å². The van der Waals surface area contributed by atoms with Crippen LogP contribution in [-0.4, -0.2) is 59.2 Å². The molecule has 1 aliphatic carbocycles. The molecule has 4 N–H and O–H groups in total. The van der Waals surface area contributed by atoms with Crippen LogP contribution in [0.15, 0.2) is 42.7 Å². The van der Waals surface area contributed by atoms with E-state index in [9.17, 15) is 19.1 Å². The SMILES string of the molecule is COC(=O)N[C@@H]1[C@H](N)CN(c2ccncc2CC(=O)c2ccc(F)c(-c3c(F)cc(C4(O)CCC4)cc3F)n2)C[C@@H]1C. The number of nitrogens with zero attached hydrogens (tertiary/aromatic N) is 3. The summed E-state index contributed by atoms with van der Waals surface area (Å²) in [5.74, 6) is -3.70. The van der Waals surface area contributed by atoms with E-state index < -0.39 is 52.2 Å². The molecular formula is C30H32F3N5O4. The number of Topliss-reactive ketones (excluding diaryl/α,β-unsaturated/α-hetero) is 1. The van der Waals surface area contributed by atoms with Crippen LogP contribution in [0.1, 0.15) is 47.8 Å². The average molecular weight is 584 g/mol. The molecule has 1 amide bonds. The highest BCUT2D eigenvalue weighted by Crippen LogP contribution is 2.42. The van der Waals surface area contributed by atoms with E-state index in [4.69, 9.17) is 10.5 Å². The van der Waals surface area contributed by atoms with Gasteiger partial charge in [-0.3, -0.25) is 9.78 Å². The Kier molecular flexibility index (Phi) is 8.20. The molecule has 222 valence electrons. The summed E-state index contributed by atoms with van der Waals surface area (Å²) < 4.78 is 49.7. The second-order valence-electron chi connectivity index (χ2n) is 11.0. The van der Waals surface area contributed by atoms with Crippen molar-refractivity contribution in [1.29, 1.82) is 0 Å². The number of hydrogen-bond acceptors (Lipinski definition) is 8. The van der Waals surface area contributed by atoms with E-state index in [1.165, 1.54) is 19.4 Å². The first-order valence-electron chi connectivity index (χ1n) is 13.7. The van der Waals surface area contributed by atoms with E-state index in [2.05, 4.69) is 15.3 Å². The number of methoxy groups -OCH3 is 1. The van der Waals surface area contributed by atoms with Gasteiger partial charge in [0, 0.05) is 49.2 Å². The molecule has 0 bridgehead atoms. The maximum absolute atomic E-state index is 15.1. The lowest BCUT2D eigenvalue weighted by molar-refractivity contribution is -0.0392. The smallest absolute Gasteiger partial charge is 0.407 e. The molecule has 3 aromatic rings. The number of halogens is 3. The van der Waals surface area contributed by atoms with E-state index in [0.717, 1.165) is 24.6 Å². The third kappa shape index (κ3) is 5.68. The lowest BCUT2D eigenvalue weighted by atomic mass is 9.75. The maximum atomic E-state index is 15.1. The number of anilines is 1. The van der Waals surface area contributed by atoms with Gasteiger partial charge in [0.1, 0.15) is 28.8 Å². The number of nitrogens with one attached hydrogen (secondary N) is 1. The number of ketones is 1. The number of rotatable bonds is 7. The molecule has 12 heteroatoms. The predicted molar refractivity (Wildman–Crippen MR) is 148 cm³/mol. The van der Waals surface area contributed by atoms with Crippen LogP contribution in [0.3, 0.4) is 0 Å². The van der Waals surface area contributed by atoms with Gasteiger partial charge < -0.3 is 25.8 Å². The van der Waals surface area contributed by atoms with Gasteiger partial charge in [0.2, 0.25) is 0 Å². The van der Waals surface area contributed by atoms with Crippen LogP contribution in [0, 0.1) is 23.4 Å². The molecule has 5 rings (SSSR count). The maximum Gasteiger partial charge on any atom is 0.407 e. The number of hydrogen-bond donors (Lipinski definition) is 3. The van der Waals surface area contributed by atoms with Gasteiger partial charge in [0.25, 0.3) is 0 Å². The number of nitrogens with two attached hydrogens (primary N) is 1. The Hall–Kier alpha value is -4.03. The normalized spacial score (nSPS) is 21.4. The summed E-state index contributed by atoms with van der Waals surface area (Å²) in [7, 11) is 1.28. The number of carbonyl (C=O) groups excluding carboxylic acids is 2. The molecule has 0 unspecified atom stereocenters. The fraction of sp³-hybridized carbons (Fsp3) is 0.400. The van der Waals surface area contributed by atoms with Gasteiger partial charge >= 0.3 is 6.09 Å². The lowest BCUT2D eigenvalue weighted by Crippen LogP contribution is -2.62. The van der Waals surface area contributed by atoms with Crippen molar-refractivity contribution in [2.75, 3.05) is 25.1 Å². The first-order valence-corrected chi connectivity index (χ1v) is 13.7. The molecule has 2 aliphatic rings. The minimum atomic E-state index is -1.31. The zero-order valence-electron chi connectivity index (χ0n) is 23.2. The Morgan fingerprint density at radius 2 is 1.86 bits per heavy atom. The van der Waals surface area contributed by atoms with Crippen LogP contribution < -0.4 is 16.0 Å². The molecule has 3 atom stereocenters. The summed E-state index contributed by atoms with van der Waals surface area (Å²) >= 11 is 0. The molecule has 42 heavy (non-hydrogen) atoms. The minimum Gasteiger partial charge on any atom is -0.453 e. The minimum absolute atomic E-state index is 0.0490. The monoisotopic (exact) mass is 583 g/mol. The third-order valence-corrected chi connectivity index (χ3v) is 8.18. The van der Waals surface area contributed by atoms with Gasteiger partial charge in [0.15, 0.2) is 5.78 Å². The summed E-state index contributed by atoms with van der Waals surface area (Å²) in [5, 5.41) is 13.3.